The summed E-state index contributed by atoms with van der Waals surface area (Å²) in [5.74, 6) is 0.718. The summed E-state index contributed by atoms with van der Waals surface area (Å²) in [5, 5.41) is 0.126. The quantitative estimate of drug-likeness (QED) is 0.0569. The molecule has 2 fully saturated rings. The maximum atomic E-state index is 7.80. The van der Waals surface area contributed by atoms with E-state index in [1.807, 2.05) is 0 Å². The third kappa shape index (κ3) is 9.28. The van der Waals surface area contributed by atoms with Crippen LogP contribution in [0.4, 0.5) is 0 Å². The van der Waals surface area contributed by atoms with E-state index in [-0.39, 0.29) is 45.5 Å². The lowest BCUT2D eigenvalue weighted by Crippen LogP contribution is -2.69. The highest BCUT2D eigenvalue weighted by atomic mass is 28.4. The standard InChI is InChI=1S/C40H80O6Si3/c1-17-49(18-2,19-3)46-35-27-33-38(8,9)31(4)28-40(33,23-20-24-42-29-41-11)36-32(45-48(15,16)37(5,6)7)21-22-34(39(35,36)10)44-30-43-25-26-47(12,13)14/h28,32-36H,17-27,29-30H2,1-16H3/t32-,33-,34-,35-,36?,39+,40+/m0/s1. The van der Waals surface area contributed by atoms with E-state index in [9.17, 15) is 0 Å². The van der Waals surface area contributed by atoms with E-state index in [0.717, 1.165) is 62.9 Å². The predicted octanol–water partition coefficient (Wildman–Crippen LogP) is 11.3. The molecule has 0 radical (unpaired) electrons. The molecular weight excluding hydrogens is 661 g/mol. The van der Waals surface area contributed by atoms with E-state index in [2.05, 4.69) is 108 Å². The van der Waals surface area contributed by atoms with Crippen molar-refractivity contribution in [3.05, 3.63) is 11.6 Å². The number of methoxy groups -OCH3 is 1. The molecule has 3 aliphatic rings. The average Bonchev–Trinajstić information content (AvgIpc) is 3.19. The summed E-state index contributed by atoms with van der Waals surface area (Å²) >= 11 is 0. The predicted molar refractivity (Wildman–Crippen MR) is 214 cm³/mol. The van der Waals surface area contributed by atoms with E-state index in [4.69, 9.17) is 27.8 Å². The van der Waals surface area contributed by atoms with Gasteiger partial charge in [0.1, 0.15) is 13.6 Å². The summed E-state index contributed by atoms with van der Waals surface area (Å²) in [6.45, 7) is 38.6. The second-order valence-electron chi connectivity index (χ2n) is 19.5. The molecule has 9 heteroatoms. The van der Waals surface area contributed by atoms with Gasteiger partial charge in [0.2, 0.25) is 0 Å². The Balaban J connectivity index is 2.22. The molecule has 0 aliphatic heterocycles. The number of ether oxygens (including phenoxy) is 4. The molecule has 0 bridgehead atoms. The molecule has 3 aliphatic carbocycles. The van der Waals surface area contributed by atoms with Crippen molar-refractivity contribution >= 4 is 24.7 Å². The van der Waals surface area contributed by atoms with Crippen molar-refractivity contribution in [3.8, 4) is 0 Å². The molecule has 0 N–H and O–H groups in total. The number of hydrogen-bond acceptors (Lipinski definition) is 6. The second-order valence-corrected chi connectivity index (χ2v) is 34.6. The van der Waals surface area contributed by atoms with Gasteiger partial charge in [0.15, 0.2) is 16.6 Å². The van der Waals surface area contributed by atoms with Crippen molar-refractivity contribution in [1.29, 1.82) is 0 Å². The molecule has 7 atom stereocenters. The van der Waals surface area contributed by atoms with Gasteiger partial charge in [-0.1, -0.05) is 93.6 Å². The van der Waals surface area contributed by atoms with Crippen LogP contribution in [0, 0.1) is 28.1 Å². The first-order valence-corrected chi connectivity index (χ1v) is 29.1. The van der Waals surface area contributed by atoms with Crippen LogP contribution in [0.1, 0.15) is 101 Å². The summed E-state index contributed by atoms with van der Waals surface area (Å²) in [7, 11) is -3.54. The maximum Gasteiger partial charge on any atom is 0.192 e. The fourth-order valence-corrected chi connectivity index (χ4v) is 14.7. The van der Waals surface area contributed by atoms with Crippen LogP contribution in [0.5, 0.6) is 0 Å². The van der Waals surface area contributed by atoms with Crippen molar-refractivity contribution in [2.75, 3.05) is 33.9 Å². The third-order valence-corrected chi connectivity index (χ3v) is 25.1. The first-order valence-electron chi connectivity index (χ1n) is 19.9. The molecule has 2 saturated carbocycles. The third-order valence-electron chi connectivity index (χ3n) is 14.2. The van der Waals surface area contributed by atoms with E-state index >= 15 is 0 Å². The number of fused-ring (bicyclic) bond motifs is 3. The van der Waals surface area contributed by atoms with Gasteiger partial charge in [0.25, 0.3) is 0 Å². The number of allylic oxidation sites excluding steroid dienone is 2. The fourth-order valence-electron chi connectivity index (χ4n) is 9.67. The van der Waals surface area contributed by atoms with Gasteiger partial charge in [-0.15, -0.1) is 0 Å². The first-order chi connectivity index (χ1) is 22.6. The monoisotopic (exact) mass is 741 g/mol. The lowest BCUT2D eigenvalue weighted by molar-refractivity contribution is -0.252. The van der Waals surface area contributed by atoms with Gasteiger partial charge >= 0.3 is 0 Å². The zero-order valence-electron chi connectivity index (χ0n) is 35.1. The zero-order chi connectivity index (χ0) is 37.1. The molecule has 0 aromatic carbocycles. The van der Waals surface area contributed by atoms with Crippen LogP contribution >= 0.6 is 0 Å². The largest absolute Gasteiger partial charge is 0.414 e. The van der Waals surface area contributed by atoms with Gasteiger partial charge < -0.3 is 27.8 Å². The van der Waals surface area contributed by atoms with E-state index in [1.165, 1.54) is 5.57 Å². The Morgan fingerprint density at radius 2 is 1.45 bits per heavy atom. The van der Waals surface area contributed by atoms with Crippen LogP contribution in [-0.4, -0.2) is 76.9 Å². The number of hydrogen-bond donors (Lipinski definition) is 0. The summed E-state index contributed by atoms with van der Waals surface area (Å²) in [6, 6.07) is 4.61. The maximum absolute atomic E-state index is 7.80. The lowest BCUT2D eigenvalue weighted by atomic mass is 9.43. The van der Waals surface area contributed by atoms with Gasteiger partial charge in [-0.25, -0.2) is 0 Å². The highest BCUT2D eigenvalue weighted by molar-refractivity contribution is 6.76. The van der Waals surface area contributed by atoms with Crippen molar-refractivity contribution in [2.45, 2.75) is 182 Å². The van der Waals surface area contributed by atoms with Gasteiger partial charge in [-0.3, -0.25) is 0 Å². The molecule has 3 rings (SSSR count). The Labute approximate surface area is 306 Å². The normalized spacial score (nSPS) is 32.2. The molecular formula is C40H80O6Si3. The number of rotatable bonds is 19. The average molecular weight is 741 g/mol. The minimum absolute atomic E-state index is 0.0404. The minimum Gasteiger partial charge on any atom is -0.414 e. The Hall–Kier alpha value is 0.151. The molecule has 0 aromatic rings. The molecule has 0 spiro atoms. The highest BCUT2D eigenvalue weighted by Gasteiger charge is 2.70. The second kappa shape index (κ2) is 16.7. The van der Waals surface area contributed by atoms with Gasteiger partial charge in [-0.05, 0) is 98.1 Å². The van der Waals surface area contributed by atoms with E-state index < -0.39 is 24.7 Å². The van der Waals surface area contributed by atoms with Crippen LogP contribution in [0.3, 0.4) is 0 Å². The van der Waals surface area contributed by atoms with Crippen LogP contribution in [0.25, 0.3) is 0 Å². The molecule has 6 nitrogen and oxygen atoms in total. The van der Waals surface area contributed by atoms with E-state index in [0.29, 0.717) is 26.1 Å². The Morgan fingerprint density at radius 1 is 0.837 bits per heavy atom. The van der Waals surface area contributed by atoms with Crippen LogP contribution in [0.2, 0.25) is 61.9 Å². The molecule has 49 heavy (non-hydrogen) atoms. The summed E-state index contributed by atoms with van der Waals surface area (Å²) < 4.78 is 40.0. The Bertz CT molecular complexity index is 1070. The highest BCUT2D eigenvalue weighted by Crippen LogP contribution is 2.71. The topological polar surface area (TPSA) is 55.4 Å². The Kier molecular flexibility index (Phi) is 14.8. The van der Waals surface area contributed by atoms with Crippen LogP contribution in [-0.2, 0) is 27.8 Å². The van der Waals surface area contributed by atoms with Gasteiger partial charge in [0, 0.05) is 45.8 Å². The van der Waals surface area contributed by atoms with E-state index in [1.54, 1.807) is 7.11 Å². The van der Waals surface area contributed by atoms with Crippen molar-refractivity contribution in [2.24, 2.45) is 28.1 Å². The molecule has 288 valence electrons. The van der Waals surface area contributed by atoms with Crippen LogP contribution < -0.4 is 0 Å². The van der Waals surface area contributed by atoms with Crippen molar-refractivity contribution in [1.82, 2.24) is 0 Å². The molecule has 1 unspecified atom stereocenters. The molecule has 0 aromatic heterocycles. The molecule has 0 amide bonds. The van der Waals surface area contributed by atoms with Crippen molar-refractivity contribution in [3.63, 3.8) is 0 Å². The lowest BCUT2D eigenvalue weighted by Gasteiger charge is -2.67. The van der Waals surface area contributed by atoms with Crippen LogP contribution in [0.15, 0.2) is 11.6 Å². The Morgan fingerprint density at radius 3 is 2.00 bits per heavy atom. The zero-order valence-corrected chi connectivity index (χ0v) is 38.1. The molecule has 0 heterocycles. The fraction of sp³-hybridized carbons (Fsp3) is 0.950. The summed E-state index contributed by atoms with van der Waals surface area (Å²) in [6.07, 6.45) is 8.15. The van der Waals surface area contributed by atoms with Crippen molar-refractivity contribution < 1.29 is 27.8 Å². The summed E-state index contributed by atoms with van der Waals surface area (Å²) in [5.41, 5.74) is 1.32. The molecule has 0 saturated heterocycles. The minimum atomic E-state index is -2.10. The van der Waals surface area contributed by atoms with Gasteiger partial charge in [0.05, 0.1) is 12.2 Å². The first kappa shape index (κ1) is 43.6. The smallest absolute Gasteiger partial charge is 0.192 e. The SMILES string of the molecule is CC[Si](CC)(CC)O[C@H]1C[C@H]2C(C)(C)C(C)=C[C@@]2(CCCOCOC)C2[C@@H](O[Si](C)(C)C(C)(C)C)CC[C@H](OCOCC[Si](C)(C)C)[C@@]21C. The van der Waals surface area contributed by atoms with Gasteiger partial charge in [-0.2, -0.15) is 0 Å². The summed E-state index contributed by atoms with van der Waals surface area (Å²) in [4.78, 5) is 0.